The molecule has 1 saturated heterocycles. The summed E-state index contributed by atoms with van der Waals surface area (Å²) >= 11 is 4.03. The van der Waals surface area contributed by atoms with E-state index in [-0.39, 0.29) is 11.9 Å². The monoisotopic (exact) mass is 250 g/mol. The lowest BCUT2D eigenvalue weighted by Gasteiger charge is -2.20. The standard InChI is InChI=1S/C11H22O2S2/c1-5-14-10(15-6-2)7-9-8-12-11(3,4)13-9/h9-10H,5-8H2,1-4H3/t9-/m0/s1. The van der Waals surface area contributed by atoms with Gasteiger partial charge < -0.3 is 9.47 Å². The molecule has 2 nitrogen and oxygen atoms in total. The first kappa shape index (κ1) is 13.7. The molecule has 0 aromatic carbocycles. The molecule has 0 N–H and O–H groups in total. The minimum Gasteiger partial charge on any atom is -0.348 e. The Morgan fingerprint density at radius 3 is 2.27 bits per heavy atom. The zero-order valence-electron chi connectivity index (χ0n) is 10.1. The van der Waals surface area contributed by atoms with E-state index in [9.17, 15) is 0 Å². The molecular formula is C11H22O2S2. The van der Waals surface area contributed by atoms with Crippen LogP contribution in [0.2, 0.25) is 0 Å². The summed E-state index contributed by atoms with van der Waals surface area (Å²) in [4.78, 5) is 0. The van der Waals surface area contributed by atoms with Crippen LogP contribution >= 0.6 is 23.5 Å². The summed E-state index contributed by atoms with van der Waals surface area (Å²) in [5, 5.41) is 0. The maximum atomic E-state index is 5.82. The van der Waals surface area contributed by atoms with Crippen LogP contribution in [-0.2, 0) is 9.47 Å². The van der Waals surface area contributed by atoms with Gasteiger partial charge >= 0.3 is 0 Å². The van der Waals surface area contributed by atoms with Gasteiger partial charge in [-0.15, -0.1) is 23.5 Å². The summed E-state index contributed by atoms with van der Waals surface area (Å²) in [6, 6.07) is 0. The number of rotatable bonds is 6. The van der Waals surface area contributed by atoms with Crippen LogP contribution in [0.3, 0.4) is 0 Å². The van der Waals surface area contributed by atoms with Crippen molar-refractivity contribution in [3.8, 4) is 0 Å². The fraction of sp³-hybridized carbons (Fsp3) is 1.00. The second-order valence-corrected chi connectivity index (χ2v) is 7.28. The molecule has 0 radical (unpaired) electrons. The Kier molecular flexibility index (Phi) is 5.82. The third kappa shape index (κ3) is 4.98. The summed E-state index contributed by atoms with van der Waals surface area (Å²) in [7, 11) is 0. The van der Waals surface area contributed by atoms with Gasteiger partial charge in [-0.25, -0.2) is 0 Å². The highest BCUT2D eigenvalue weighted by molar-refractivity contribution is 8.16. The van der Waals surface area contributed by atoms with E-state index in [0.29, 0.717) is 4.58 Å². The summed E-state index contributed by atoms with van der Waals surface area (Å²) < 4.78 is 12.0. The maximum absolute atomic E-state index is 5.82. The van der Waals surface area contributed by atoms with Gasteiger partial charge in [0.2, 0.25) is 0 Å². The van der Waals surface area contributed by atoms with Crippen LogP contribution in [0.1, 0.15) is 34.1 Å². The highest BCUT2D eigenvalue weighted by Crippen LogP contribution is 2.32. The van der Waals surface area contributed by atoms with Crippen molar-refractivity contribution in [3.05, 3.63) is 0 Å². The first-order valence-electron chi connectivity index (χ1n) is 5.62. The molecule has 15 heavy (non-hydrogen) atoms. The molecule has 0 saturated carbocycles. The molecule has 0 aliphatic carbocycles. The van der Waals surface area contributed by atoms with Gasteiger partial charge in [0.15, 0.2) is 5.79 Å². The van der Waals surface area contributed by atoms with Gasteiger partial charge in [0.25, 0.3) is 0 Å². The lowest BCUT2D eigenvalue weighted by atomic mass is 10.3. The molecule has 90 valence electrons. The van der Waals surface area contributed by atoms with E-state index in [4.69, 9.17) is 9.47 Å². The van der Waals surface area contributed by atoms with Crippen molar-refractivity contribution in [2.24, 2.45) is 0 Å². The van der Waals surface area contributed by atoms with Crippen LogP contribution in [0.4, 0.5) is 0 Å². The van der Waals surface area contributed by atoms with Gasteiger partial charge in [-0.05, 0) is 31.8 Å². The van der Waals surface area contributed by atoms with Gasteiger partial charge in [-0.1, -0.05) is 13.8 Å². The Bertz CT molecular complexity index is 179. The Morgan fingerprint density at radius 2 is 1.87 bits per heavy atom. The van der Waals surface area contributed by atoms with E-state index in [2.05, 4.69) is 13.8 Å². The number of ether oxygens (including phenoxy) is 2. The van der Waals surface area contributed by atoms with Gasteiger partial charge in [-0.2, -0.15) is 0 Å². The molecule has 0 bridgehead atoms. The molecule has 0 aromatic rings. The van der Waals surface area contributed by atoms with Crippen LogP contribution in [0.15, 0.2) is 0 Å². The van der Waals surface area contributed by atoms with Crippen molar-refractivity contribution in [1.29, 1.82) is 0 Å². The molecule has 0 aromatic heterocycles. The topological polar surface area (TPSA) is 18.5 Å². The van der Waals surface area contributed by atoms with Crippen LogP contribution in [0.25, 0.3) is 0 Å². The normalized spacial score (nSPS) is 25.0. The molecule has 0 amide bonds. The van der Waals surface area contributed by atoms with Crippen molar-refractivity contribution in [2.45, 2.75) is 50.6 Å². The lowest BCUT2D eigenvalue weighted by Crippen LogP contribution is -2.23. The largest absolute Gasteiger partial charge is 0.348 e. The molecule has 4 heteroatoms. The third-order valence-electron chi connectivity index (χ3n) is 2.23. The molecule has 1 rings (SSSR count). The van der Waals surface area contributed by atoms with Crippen LogP contribution in [-0.4, -0.2) is 34.6 Å². The first-order valence-corrected chi connectivity index (χ1v) is 7.72. The van der Waals surface area contributed by atoms with E-state index in [1.165, 1.54) is 11.5 Å². The SMILES string of the molecule is CCSC(C[C@H]1COC(C)(C)O1)SCC. The summed E-state index contributed by atoms with van der Waals surface area (Å²) in [5.41, 5.74) is 0. The van der Waals surface area contributed by atoms with E-state index < -0.39 is 0 Å². The average molecular weight is 250 g/mol. The minimum absolute atomic E-state index is 0.281. The molecule has 1 atom stereocenters. The van der Waals surface area contributed by atoms with E-state index in [1.807, 2.05) is 37.4 Å². The van der Waals surface area contributed by atoms with Crippen molar-refractivity contribution in [1.82, 2.24) is 0 Å². The average Bonchev–Trinajstić information content (AvgIpc) is 2.46. The zero-order valence-corrected chi connectivity index (χ0v) is 11.7. The fourth-order valence-corrected chi connectivity index (χ4v) is 4.30. The smallest absolute Gasteiger partial charge is 0.163 e. The number of hydrogen-bond acceptors (Lipinski definition) is 4. The second-order valence-electron chi connectivity index (χ2n) is 4.03. The van der Waals surface area contributed by atoms with Gasteiger partial charge in [-0.3, -0.25) is 0 Å². The van der Waals surface area contributed by atoms with Crippen molar-refractivity contribution < 1.29 is 9.47 Å². The van der Waals surface area contributed by atoms with E-state index in [0.717, 1.165) is 13.0 Å². The Hall–Kier alpha value is 0.620. The van der Waals surface area contributed by atoms with Gasteiger partial charge in [0.05, 0.1) is 17.3 Å². The summed E-state index contributed by atoms with van der Waals surface area (Å²) in [5.74, 6) is 1.98. The highest BCUT2D eigenvalue weighted by atomic mass is 32.2. The lowest BCUT2D eigenvalue weighted by molar-refractivity contribution is -0.138. The van der Waals surface area contributed by atoms with Crippen LogP contribution < -0.4 is 0 Å². The quantitative estimate of drug-likeness (QED) is 0.673. The second kappa shape index (κ2) is 6.38. The predicted molar refractivity (Wildman–Crippen MR) is 69.6 cm³/mol. The van der Waals surface area contributed by atoms with Crippen molar-refractivity contribution in [3.63, 3.8) is 0 Å². The molecule has 0 unspecified atom stereocenters. The fourth-order valence-electron chi connectivity index (χ4n) is 1.65. The molecule has 0 spiro atoms. The molecule has 1 aliphatic rings. The summed E-state index contributed by atoms with van der Waals surface area (Å²) in [6.07, 6.45) is 1.38. The van der Waals surface area contributed by atoms with Crippen LogP contribution in [0.5, 0.6) is 0 Å². The maximum Gasteiger partial charge on any atom is 0.163 e. The minimum atomic E-state index is -0.372. The number of hydrogen-bond donors (Lipinski definition) is 0. The van der Waals surface area contributed by atoms with Crippen LogP contribution in [0, 0.1) is 0 Å². The molecular weight excluding hydrogens is 228 g/mol. The predicted octanol–water partition coefficient (Wildman–Crippen LogP) is 3.36. The first-order chi connectivity index (χ1) is 7.07. The van der Waals surface area contributed by atoms with Crippen molar-refractivity contribution >= 4 is 23.5 Å². The van der Waals surface area contributed by atoms with Gasteiger partial charge in [0, 0.05) is 0 Å². The van der Waals surface area contributed by atoms with E-state index >= 15 is 0 Å². The Balaban J connectivity index is 2.32. The highest BCUT2D eigenvalue weighted by Gasteiger charge is 2.33. The third-order valence-corrected chi connectivity index (χ3v) is 4.84. The molecule has 1 aliphatic heterocycles. The Labute approximate surface area is 102 Å². The number of thioether (sulfide) groups is 2. The Morgan fingerprint density at radius 1 is 1.27 bits per heavy atom. The van der Waals surface area contributed by atoms with Gasteiger partial charge in [0.1, 0.15) is 0 Å². The summed E-state index contributed by atoms with van der Waals surface area (Å²) in [6.45, 7) is 9.15. The van der Waals surface area contributed by atoms with E-state index in [1.54, 1.807) is 0 Å². The van der Waals surface area contributed by atoms with Crippen molar-refractivity contribution in [2.75, 3.05) is 18.1 Å². The zero-order chi connectivity index (χ0) is 11.3. The molecule has 1 heterocycles. The molecule has 1 fully saturated rings.